The lowest BCUT2D eigenvalue weighted by atomic mass is 9.70. The van der Waals surface area contributed by atoms with Gasteiger partial charge < -0.3 is 9.32 Å². The second kappa shape index (κ2) is 13.9. The third kappa shape index (κ3) is 5.25. The number of anilines is 3. The first-order chi connectivity index (χ1) is 31.3. The number of para-hydroxylation sites is 1. The van der Waals surface area contributed by atoms with Crippen LogP contribution in [0.5, 0.6) is 0 Å². The van der Waals surface area contributed by atoms with Crippen LogP contribution in [-0.4, -0.2) is 0 Å². The van der Waals surface area contributed by atoms with Gasteiger partial charge in [0.25, 0.3) is 0 Å². The predicted octanol–water partition coefficient (Wildman–Crippen LogP) is 16.4. The minimum absolute atomic E-state index is 0.593. The minimum Gasteiger partial charge on any atom is -0.456 e. The van der Waals surface area contributed by atoms with Gasteiger partial charge in [-0.05, 0) is 126 Å². The van der Waals surface area contributed by atoms with E-state index in [2.05, 4.69) is 241 Å². The molecule has 0 saturated carbocycles. The first-order valence-corrected chi connectivity index (χ1v) is 21.8. The van der Waals surface area contributed by atoms with Gasteiger partial charge in [0.1, 0.15) is 11.2 Å². The summed E-state index contributed by atoms with van der Waals surface area (Å²) in [5.74, 6) is 0. The van der Waals surface area contributed by atoms with Gasteiger partial charge in [0, 0.05) is 27.8 Å². The summed E-state index contributed by atoms with van der Waals surface area (Å²) in [4.78, 5) is 2.42. The maximum absolute atomic E-state index is 6.61. The number of hydrogen-bond donors (Lipinski definition) is 0. The van der Waals surface area contributed by atoms with E-state index in [1.54, 1.807) is 0 Å². The average molecular weight is 802 g/mol. The highest BCUT2D eigenvalue weighted by atomic mass is 16.3. The summed E-state index contributed by atoms with van der Waals surface area (Å²) in [5.41, 5.74) is 22.0. The minimum atomic E-state index is -0.593. The fourth-order valence-corrected chi connectivity index (χ4v) is 10.8. The van der Waals surface area contributed by atoms with Gasteiger partial charge >= 0.3 is 0 Å². The van der Waals surface area contributed by atoms with Gasteiger partial charge in [0.15, 0.2) is 0 Å². The van der Waals surface area contributed by atoms with Gasteiger partial charge in [0.05, 0.1) is 5.41 Å². The zero-order chi connectivity index (χ0) is 41.5. The van der Waals surface area contributed by atoms with Crippen molar-refractivity contribution < 1.29 is 4.42 Å². The van der Waals surface area contributed by atoms with E-state index in [-0.39, 0.29) is 0 Å². The summed E-state index contributed by atoms with van der Waals surface area (Å²) in [6, 6.07) is 86.4. The monoisotopic (exact) mass is 801 g/mol. The molecule has 2 nitrogen and oxygen atoms in total. The highest BCUT2D eigenvalue weighted by Crippen LogP contribution is 2.66. The predicted molar refractivity (Wildman–Crippen MR) is 261 cm³/mol. The Hall–Kier alpha value is -8.20. The molecule has 10 aromatic carbocycles. The van der Waals surface area contributed by atoms with E-state index in [1.165, 1.54) is 83.3 Å². The number of fused-ring (bicyclic) bond motifs is 14. The van der Waals surface area contributed by atoms with Crippen LogP contribution in [0.4, 0.5) is 17.1 Å². The largest absolute Gasteiger partial charge is 0.456 e. The number of rotatable bonds is 6. The van der Waals surface area contributed by atoms with E-state index in [9.17, 15) is 0 Å². The Morgan fingerprint density at radius 3 is 1.49 bits per heavy atom. The summed E-state index contributed by atoms with van der Waals surface area (Å²) < 4.78 is 6.61. The van der Waals surface area contributed by atoms with Crippen LogP contribution in [0.15, 0.2) is 241 Å². The van der Waals surface area contributed by atoms with Crippen LogP contribution in [-0.2, 0) is 5.41 Å². The summed E-state index contributed by atoms with van der Waals surface area (Å²) in [5, 5.41) is 2.31. The molecule has 2 aliphatic carbocycles. The normalized spacial score (nSPS) is 14.4. The van der Waals surface area contributed by atoms with Crippen LogP contribution in [0.25, 0.3) is 77.6 Å². The molecule has 0 aliphatic heterocycles. The third-order valence-corrected chi connectivity index (χ3v) is 13.5. The van der Waals surface area contributed by atoms with Crippen LogP contribution in [0.3, 0.4) is 0 Å². The lowest BCUT2D eigenvalue weighted by Crippen LogP contribution is -2.26. The van der Waals surface area contributed by atoms with Gasteiger partial charge in [-0.15, -0.1) is 0 Å². The fraction of sp³-hybridized carbons (Fsp3) is 0.0164. The number of furan rings is 1. The zero-order valence-corrected chi connectivity index (χ0v) is 34.4. The standard InChI is InChI=1S/C61H39NO/c1-4-15-40(16-5-1)42-27-31-45(32-28-42)62(46-33-29-43(30-34-46)41-17-6-2-7-18-41)47-35-36-50-55(39-47)61(54-37-38-57-60(59(50)54)51-22-11-13-26-56(51)63-57)52-24-12-10-21-49(52)58-48(23-14-25-53(58)61)44-19-8-3-9-20-44/h1-39H. The van der Waals surface area contributed by atoms with Gasteiger partial charge in [-0.1, -0.05) is 188 Å². The van der Waals surface area contributed by atoms with E-state index in [0.29, 0.717) is 0 Å². The Bertz CT molecular complexity index is 3450. The molecule has 294 valence electrons. The van der Waals surface area contributed by atoms with E-state index in [0.717, 1.165) is 33.6 Å². The molecule has 13 rings (SSSR count). The Morgan fingerprint density at radius 1 is 0.302 bits per heavy atom. The fourth-order valence-electron chi connectivity index (χ4n) is 10.8. The lowest BCUT2D eigenvalue weighted by Gasteiger charge is -2.32. The van der Waals surface area contributed by atoms with Gasteiger partial charge in [-0.25, -0.2) is 0 Å². The van der Waals surface area contributed by atoms with E-state index in [4.69, 9.17) is 4.42 Å². The smallest absolute Gasteiger partial charge is 0.136 e. The molecule has 0 N–H and O–H groups in total. The van der Waals surface area contributed by atoms with Crippen molar-refractivity contribution in [1.29, 1.82) is 0 Å². The molecule has 11 aromatic rings. The van der Waals surface area contributed by atoms with Crippen LogP contribution in [0.1, 0.15) is 22.3 Å². The average Bonchev–Trinajstić information content (AvgIpc) is 3.99. The molecule has 2 heteroatoms. The van der Waals surface area contributed by atoms with Gasteiger partial charge in [-0.3, -0.25) is 0 Å². The lowest BCUT2D eigenvalue weighted by molar-refractivity contribution is 0.668. The topological polar surface area (TPSA) is 16.4 Å². The van der Waals surface area contributed by atoms with Crippen molar-refractivity contribution in [2.24, 2.45) is 0 Å². The molecule has 1 aromatic heterocycles. The number of nitrogens with zero attached hydrogens (tertiary/aromatic N) is 1. The first-order valence-electron chi connectivity index (χ1n) is 21.8. The molecule has 0 saturated heterocycles. The molecule has 1 spiro atoms. The van der Waals surface area contributed by atoms with Crippen molar-refractivity contribution in [3.8, 4) is 55.6 Å². The highest BCUT2D eigenvalue weighted by Gasteiger charge is 2.53. The SMILES string of the molecule is c1ccc(-c2ccc(N(c3ccc(-c4ccccc4)cc3)c3ccc4c(c3)C3(c5ccccc5-c5c(-c6ccccc6)cccc53)c3ccc5oc6ccccc6c5c3-4)cc2)cc1. The van der Waals surface area contributed by atoms with Crippen LogP contribution < -0.4 is 4.90 Å². The molecular formula is C61H39NO. The van der Waals surface area contributed by atoms with Crippen molar-refractivity contribution in [1.82, 2.24) is 0 Å². The van der Waals surface area contributed by atoms with Crippen molar-refractivity contribution in [3.63, 3.8) is 0 Å². The Morgan fingerprint density at radius 2 is 0.810 bits per heavy atom. The Balaban J connectivity index is 1.09. The maximum atomic E-state index is 6.61. The molecule has 1 unspecified atom stereocenters. The molecule has 0 radical (unpaired) electrons. The summed E-state index contributed by atoms with van der Waals surface area (Å²) in [6.07, 6.45) is 0. The highest BCUT2D eigenvalue weighted by molar-refractivity contribution is 6.16. The third-order valence-electron chi connectivity index (χ3n) is 13.5. The van der Waals surface area contributed by atoms with Crippen molar-refractivity contribution >= 4 is 39.0 Å². The van der Waals surface area contributed by atoms with Crippen molar-refractivity contribution in [2.45, 2.75) is 5.41 Å². The zero-order valence-electron chi connectivity index (χ0n) is 34.4. The second-order valence-electron chi connectivity index (χ2n) is 16.7. The summed E-state index contributed by atoms with van der Waals surface area (Å²) in [7, 11) is 0. The first kappa shape index (κ1) is 35.5. The molecular weight excluding hydrogens is 763 g/mol. The maximum Gasteiger partial charge on any atom is 0.136 e. The molecule has 1 atom stereocenters. The van der Waals surface area contributed by atoms with Crippen LogP contribution >= 0.6 is 0 Å². The quantitative estimate of drug-likeness (QED) is 0.167. The van der Waals surface area contributed by atoms with E-state index >= 15 is 0 Å². The Labute approximate surface area is 366 Å². The number of benzene rings is 10. The molecule has 2 aliphatic rings. The van der Waals surface area contributed by atoms with Crippen LogP contribution in [0, 0.1) is 0 Å². The molecule has 1 heterocycles. The molecule has 0 amide bonds. The van der Waals surface area contributed by atoms with Gasteiger partial charge in [0.2, 0.25) is 0 Å². The molecule has 0 fully saturated rings. The Kier molecular flexibility index (Phi) is 7.85. The summed E-state index contributed by atoms with van der Waals surface area (Å²) >= 11 is 0. The van der Waals surface area contributed by atoms with Crippen molar-refractivity contribution in [2.75, 3.05) is 4.90 Å². The molecule has 0 bridgehead atoms. The van der Waals surface area contributed by atoms with E-state index in [1.807, 2.05) is 0 Å². The van der Waals surface area contributed by atoms with E-state index < -0.39 is 5.41 Å². The summed E-state index contributed by atoms with van der Waals surface area (Å²) in [6.45, 7) is 0. The second-order valence-corrected chi connectivity index (χ2v) is 16.7. The van der Waals surface area contributed by atoms with Crippen molar-refractivity contribution in [3.05, 3.63) is 259 Å². The molecule has 63 heavy (non-hydrogen) atoms. The van der Waals surface area contributed by atoms with Crippen LogP contribution in [0.2, 0.25) is 0 Å². The van der Waals surface area contributed by atoms with Gasteiger partial charge in [-0.2, -0.15) is 0 Å². The number of hydrogen-bond acceptors (Lipinski definition) is 2.